The summed E-state index contributed by atoms with van der Waals surface area (Å²) in [6.07, 6.45) is 0. The van der Waals surface area contributed by atoms with Crippen LogP contribution in [0.2, 0.25) is 0 Å². The average Bonchev–Trinajstić information content (AvgIpc) is 3.11. The molecule has 0 radical (unpaired) electrons. The normalized spacial score (nSPS) is 10.8. The van der Waals surface area contributed by atoms with Gasteiger partial charge in [-0.2, -0.15) is 0 Å². The van der Waals surface area contributed by atoms with E-state index in [9.17, 15) is 4.79 Å². The standard InChI is InChI=1S/C20H13NO2S/c22-20(23)16-9-7-13-6-8-15(10-17(13)11-16)19-21-18(12-24-19)14-4-2-1-3-5-14/h1-12H,(H,22,23). The number of fused-ring (bicyclic) bond motifs is 1. The van der Waals surface area contributed by atoms with Gasteiger partial charge in [-0.15, -0.1) is 11.3 Å². The van der Waals surface area contributed by atoms with Crippen molar-refractivity contribution in [3.05, 3.63) is 77.7 Å². The van der Waals surface area contributed by atoms with Gasteiger partial charge in [0.2, 0.25) is 0 Å². The van der Waals surface area contributed by atoms with Crippen molar-refractivity contribution in [1.82, 2.24) is 4.98 Å². The number of aromatic nitrogens is 1. The monoisotopic (exact) mass is 331 g/mol. The highest BCUT2D eigenvalue weighted by molar-refractivity contribution is 7.13. The first-order valence-electron chi connectivity index (χ1n) is 7.49. The van der Waals surface area contributed by atoms with Crippen molar-refractivity contribution in [2.45, 2.75) is 0 Å². The van der Waals surface area contributed by atoms with E-state index < -0.39 is 5.97 Å². The summed E-state index contributed by atoms with van der Waals surface area (Å²) in [5.41, 5.74) is 3.34. The van der Waals surface area contributed by atoms with Crippen LogP contribution < -0.4 is 0 Å². The number of aromatic carboxylic acids is 1. The third-order valence-electron chi connectivity index (χ3n) is 3.91. The third-order valence-corrected chi connectivity index (χ3v) is 4.80. The van der Waals surface area contributed by atoms with Crippen molar-refractivity contribution >= 4 is 28.1 Å². The first-order chi connectivity index (χ1) is 11.7. The molecule has 0 aliphatic carbocycles. The molecule has 1 N–H and O–H groups in total. The Morgan fingerprint density at radius 3 is 2.46 bits per heavy atom. The lowest BCUT2D eigenvalue weighted by molar-refractivity contribution is 0.0697. The highest BCUT2D eigenvalue weighted by Crippen LogP contribution is 2.31. The largest absolute Gasteiger partial charge is 0.478 e. The van der Waals surface area contributed by atoms with Crippen LogP contribution in [0.1, 0.15) is 10.4 Å². The zero-order chi connectivity index (χ0) is 16.5. The Labute approximate surface area is 142 Å². The summed E-state index contributed by atoms with van der Waals surface area (Å²) < 4.78 is 0. The molecular formula is C20H13NO2S. The van der Waals surface area contributed by atoms with Crippen LogP contribution in [0.15, 0.2) is 72.1 Å². The van der Waals surface area contributed by atoms with Crippen LogP contribution in [-0.2, 0) is 0 Å². The molecule has 0 saturated carbocycles. The summed E-state index contributed by atoms with van der Waals surface area (Å²) in [6, 6.07) is 21.2. The van der Waals surface area contributed by atoms with Gasteiger partial charge in [0.1, 0.15) is 5.01 Å². The number of rotatable bonds is 3. The van der Waals surface area contributed by atoms with Gasteiger partial charge in [0.05, 0.1) is 11.3 Å². The van der Waals surface area contributed by atoms with Crippen LogP contribution in [-0.4, -0.2) is 16.1 Å². The molecule has 0 unspecified atom stereocenters. The van der Waals surface area contributed by atoms with Gasteiger partial charge in [0.25, 0.3) is 0 Å². The Morgan fingerprint density at radius 2 is 1.67 bits per heavy atom. The fraction of sp³-hybridized carbons (Fsp3) is 0. The van der Waals surface area contributed by atoms with Crippen LogP contribution in [0.5, 0.6) is 0 Å². The van der Waals surface area contributed by atoms with Gasteiger partial charge in [0, 0.05) is 16.5 Å². The maximum Gasteiger partial charge on any atom is 0.335 e. The molecule has 0 spiro atoms. The minimum atomic E-state index is -0.914. The fourth-order valence-electron chi connectivity index (χ4n) is 2.66. The van der Waals surface area contributed by atoms with Gasteiger partial charge in [-0.05, 0) is 29.0 Å². The van der Waals surface area contributed by atoms with Crippen molar-refractivity contribution < 1.29 is 9.90 Å². The van der Waals surface area contributed by atoms with Crippen molar-refractivity contribution in [2.75, 3.05) is 0 Å². The molecule has 0 aliphatic rings. The molecule has 0 fully saturated rings. The van der Waals surface area contributed by atoms with E-state index in [4.69, 9.17) is 10.1 Å². The quantitative estimate of drug-likeness (QED) is 0.552. The Morgan fingerprint density at radius 1 is 0.875 bits per heavy atom. The number of hydrogen-bond acceptors (Lipinski definition) is 3. The van der Waals surface area contributed by atoms with Crippen molar-refractivity contribution in [3.63, 3.8) is 0 Å². The molecule has 4 heteroatoms. The molecule has 24 heavy (non-hydrogen) atoms. The Balaban J connectivity index is 1.76. The lowest BCUT2D eigenvalue weighted by Gasteiger charge is -2.03. The minimum Gasteiger partial charge on any atom is -0.478 e. The molecule has 0 saturated heterocycles. The van der Waals surface area contributed by atoms with Crippen LogP contribution in [0, 0.1) is 0 Å². The highest BCUT2D eigenvalue weighted by atomic mass is 32.1. The summed E-state index contributed by atoms with van der Waals surface area (Å²) in [5.74, 6) is -0.914. The van der Waals surface area contributed by atoms with E-state index in [1.54, 1.807) is 23.5 Å². The highest BCUT2D eigenvalue weighted by Gasteiger charge is 2.09. The summed E-state index contributed by atoms with van der Waals surface area (Å²) >= 11 is 1.59. The predicted molar refractivity (Wildman–Crippen MR) is 97.5 cm³/mol. The van der Waals surface area contributed by atoms with Crippen LogP contribution in [0.4, 0.5) is 0 Å². The lowest BCUT2D eigenvalue weighted by Crippen LogP contribution is -1.95. The molecule has 0 amide bonds. The molecule has 1 heterocycles. The molecule has 1 aromatic heterocycles. The van der Waals surface area contributed by atoms with Gasteiger partial charge >= 0.3 is 5.97 Å². The second kappa shape index (κ2) is 5.91. The fourth-order valence-corrected chi connectivity index (χ4v) is 3.49. The molecular weight excluding hydrogens is 318 g/mol. The van der Waals surface area contributed by atoms with Crippen LogP contribution >= 0.6 is 11.3 Å². The van der Waals surface area contributed by atoms with Gasteiger partial charge in [-0.3, -0.25) is 0 Å². The number of nitrogens with zero attached hydrogens (tertiary/aromatic N) is 1. The number of thiazole rings is 1. The minimum absolute atomic E-state index is 0.295. The summed E-state index contributed by atoms with van der Waals surface area (Å²) in [4.78, 5) is 15.9. The molecule has 3 aromatic carbocycles. The van der Waals surface area contributed by atoms with Crippen molar-refractivity contribution in [3.8, 4) is 21.8 Å². The van der Waals surface area contributed by atoms with E-state index in [2.05, 4.69) is 0 Å². The smallest absolute Gasteiger partial charge is 0.335 e. The first-order valence-corrected chi connectivity index (χ1v) is 8.37. The number of carboxylic acids is 1. The SMILES string of the molecule is O=C(O)c1ccc2ccc(-c3nc(-c4ccccc4)cs3)cc2c1. The third kappa shape index (κ3) is 2.68. The maximum absolute atomic E-state index is 11.1. The summed E-state index contributed by atoms with van der Waals surface area (Å²) in [7, 11) is 0. The maximum atomic E-state index is 11.1. The molecule has 0 bridgehead atoms. The molecule has 116 valence electrons. The second-order valence-corrected chi connectivity index (χ2v) is 6.34. The number of hydrogen-bond donors (Lipinski definition) is 1. The summed E-state index contributed by atoms with van der Waals surface area (Å²) in [6.45, 7) is 0. The van der Waals surface area contributed by atoms with Crippen LogP contribution in [0.25, 0.3) is 32.6 Å². The molecule has 4 aromatic rings. The number of benzene rings is 3. The number of carbonyl (C=O) groups is 1. The molecule has 4 rings (SSSR count). The predicted octanol–water partition coefficient (Wildman–Crippen LogP) is 5.33. The van der Waals surface area contributed by atoms with E-state index in [1.165, 1.54) is 0 Å². The first kappa shape index (κ1) is 14.6. The van der Waals surface area contributed by atoms with Crippen LogP contribution in [0.3, 0.4) is 0 Å². The topological polar surface area (TPSA) is 50.2 Å². The summed E-state index contributed by atoms with van der Waals surface area (Å²) in [5, 5.41) is 14.0. The van der Waals surface area contributed by atoms with Crippen molar-refractivity contribution in [2.24, 2.45) is 0 Å². The molecule has 3 nitrogen and oxygen atoms in total. The van der Waals surface area contributed by atoms with E-state index in [-0.39, 0.29) is 0 Å². The zero-order valence-corrected chi connectivity index (χ0v) is 13.5. The van der Waals surface area contributed by atoms with E-state index in [0.717, 1.165) is 32.6 Å². The zero-order valence-electron chi connectivity index (χ0n) is 12.6. The van der Waals surface area contributed by atoms with E-state index >= 15 is 0 Å². The molecule has 0 atom stereocenters. The lowest BCUT2D eigenvalue weighted by atomic mass is 10.0. The number of carboxylic acid groups (broad SMARTS) is 1. The van der Waals surface area contributed by atoms with Gasteiger partial charge in [-0.1, -0.05) is 48.5 Å². The molecule has 0 aliphatic heterocycles. The van der Waals surface area contributed by atoms with E-state index in [1.807, 2.05) is 60.0 Å². The average molecular weight is 331 g/mol. The van der Waals surface area contributed by atoms with Gasteiger partial charge in [-0.25, -0.2) is 9.78 Å². The second-order valence-electron chi connectivity index (χ2n) is 5.49. The van der Waals surface area contributed by atoms with E-state index in [0.29, 0.717) is 5.56 Å². The Bertz CT molecular complexity index is 1040. The van der Waals surface area contributed by atoms with Gasteiger partial charge < -0.3 is 5.11 Å². The van der Waals surface area contributed by atoms with Gasteiger partial charge in [0.15, 0.2) is 0 Å². The Hall–Kier alpha value is -2.98. The Kier molecular flexibility index (Phi) is 3.59. The van der Waals surface area contributed by atoms with Crippen molar-refractivity contribution in [1.29, 1.82) is 0 Å².